The van der Waals surface area contributed by atoms with Gasteiger partial charge >= 0.3 is 0 Å². The van der Waals surface area contributed by atoms with Crippen molar-refractivity contribution in [1.29, 1.82) is 0 Å². The summed E-state index contributed by atoms with van der Waals surface area (Å²) in [5.41, 5.74) is 8.56. The van der Waals surface area contributed by atoms with Crippen LogP contribution in [0, 0.1) is 6.92 Å². The number of benzene rings is 2. The number of carbonyl (C=O) groups is 1. The fraction of sp³-hybridized carbons (Fsp3) is 0.303. The van der Waals surface area contributed by atoms with Crippen LogP contribution in [0.15, 0.2) is 103 Å². The number of amides is 1. The van der Waals surface area contributed by atoms with Crippen LogP contribution in [-0.4, -0.2) is 63.2 Å². The molecule has 1 aliphatic heterocycles. The molecule has 1 unspecified atom stereocenters. The quantitative estimate of drug-likeness (QED) is 0.0586. The predicted molar refractivity (Wildman–Crippen MR) is 182 cm³/mol. The molecule has 0 spiro atoms. The van der Waals surface area contributed by atoms with Gasteiger partial charge in [-0.1, -0.05) is 66.7 Å². The Labute approximate surface area is 270 Å². The summed E-state index contributed by atoms with van der Waals surface area (Å²) in [6, 6.07) is 21.9. The number of aliphatic hydroxyl groups is 1. The fourth-order valence-electron chi connectivity index (χ4n) is 4.57. The third-order valence-electron chi connectivity index (χ3n) is 6.87. The number of halogens is 1. The molecule has 11 heteroatoms. The molecule has 1 saturated heterocycles. The average Bonchev–Trinajstić information content (AvgIpc) is 3.50. The van der Waals surface area contributed by atoms with E-state index in [1.54, 1.807) is 18.3 Å². The first kappa shape index (κ1) is 34.3. The van der Waals surface area contributed by atoms with E-state index in [2.05, 4.69) is 58.2 Å². The van der Waals surface area contributed by atoms with Gasteiger partial charge in [0.05, 0.1) is 23.1 Å². The highest BCUT2D eigenvalue weighted by Crippen LogP contribution is 2.23. The molecule has 0 aliphatic carbocycles. The zero-order valence-corrected chi connectivity index (χ0v) is 26.7. The lowest BCUT2D eigenvalue weighted by Gasteiger charge is -2.28. The van der Waals surface area contributed by atoms with Gasteiger partial charge in [0.15, 0.2) is 11.7 Å². The van der Waals surface area contributed by atoms with E-state index in [0.717, 1.165) is 47.3 Å². The maximum atomic E-state index is 11.8. The summed E-state index contributed by atoms with van der Waals surface area (Å²) < 4.78 is 5.88. The molecule has 1 aromatic heterocycles. The van der Waals surface area contributed by atoms with Crippen molar-refractivity contribution in [2.75, 3.05) is 30.7 Å². The highest BCUT2D eigenvalue weighted by atomic mass is 35.5. The minimum atomic E-state index is -0.327. The number of rotatable bonds is 13. The van der Waals surface area contributed by atoms with E-state index in [9.17, 15) is 4.79 Å². The number of hydrogen-bond acceptors (Lipinski definition) is 8. The zero-order valence-electron chi connectivity index (χ0n) is 25.0. The van der Waals surface area contributed by atoms with Gasteiger partial charge < -0.3 is 25.8 Å². The molecule has 1 fully saturated rings. The number of likely N-dealkylation sites (tertiary alicyclic amines) is 1. The SMILES string of the molecule is C=C(O)CCN(/N=C(\N)c1c(C)cccc1Cl)C(=O)CS.C=C(OCc1ccccc1)N1CCCC1CNc1ccccn1. The first-order valence-electron chi connectivity index (χ1n) is 14.3. The van der Waals surface area contributed by atoms with Gasteiger partial charge in [0.2, 0.25) is 0 Å². The molecule has 2 heterocycles. The lowest BCUT2D eigenvalue weighted by Crippen LogP contribution is -2.34. The minimum absolute atomic E-state index is 0.0177. The van der Waals surface area contributed by atoms with Crippen molar-refractivity contribution in [3.05, 3.63) is 119 Å². The van der Waals surface area contributed by atoms with Gasteiger partial charge in [-0.2, -0.15) is 17.7 Å². The van der Waals surface area contributed by atoms with Crippen molar-refractivity contribution in [2.45, 2.75) is 38.8 Å². The maximum Gasteiger partial charge on any atom is 0.252 e. The van der Waals surface area contributed by atoms with Crippen LogP contribution in [0.3, 0.4) is 0 Å². The second-order valence-corrected chi connectivity index (χ2v) is 10.9. The number of aryl methyl sites for hydroxylation is 1. The largest absolute Gasteiger partial charge is 0.513 e. The molecule has 1 amide bonds. The number of amidine groups is 1. The Hall–Kier alpha value is -4.15. The monoisotopic (exact) mass is 636 g/mol. The van der Waals surface area contributed by atoms with Crippen LogP contribution in [0.4, 0.5) is 5.82 Å². The van der Waals surface area contributed by atoms with Gasteiger partial charge in [-0.05, 0) is 55.7 Å². The van der Waals surface area contributed by atoms with E-state index < -0.39 is 0 Å². The molecule has 1 aliphatic rings. The molecule has 4 N–H and O–H groups in total. The molecular formula is C33H41ClN6O3S. The lowest BCUT2D eigenvalue weighted by atomic mass is 10.1. The van der Waals surface area contributed by atoms with E-state index in [4.69, 9.17) is 27.2 Å². The molecule has 0 saturated carbocycles. The van der Waals surface area contributed by atoms with Crippen LogP contribution in [0.2, 0.25) is 5.02 Å². The smallest absolute Gasteiger partial charge is 0.252 e. The van der Waals surface area contributed by atoms with Gasteiger partial charge in [-0.25, -0.2) is 9.99 Å². The Bertz CT molecular complexity index is 1390. The Morgan fingerprint density at radius 1 is 1.20 bits per heavy atom. The van der Waals surface area contributed by atoms with Gasteiger partial charge in [-0.3, -0.25) is 4.79 Å². The van der Waals surface area contributed by atoms with Crippen LogP contribution in [0.5, 0.6) is 0 Å². The van der Waals surface area contributed by atoms with Crippen molar-refractivity contribution in [3.63, 3.8) is 0 Å². The molecule has 0 bridgehead atoms. The standard InChI is InChI=1S/C19H23N3O.C14H18ClN3O2S/c1-16(23-15-17-8-3-2-4-9-17)22-13-7-10-18(22)14-21-19-11-5-6-12-20-19;1-9-4-3-5-11(15)13(9)14(16)17-18(12(20)8-21)7-6-10(2)19/h2-6,8-9,11-12,18H,1,7,10,13-15H2,(H,20,21);3-5,19,21H,2,6-8H2,1H3,(H2,16,17). The molecule has 9 nitrogen and oxygen atoms in total. The molecule has 3 aromatic rings. The summed E-state index contributed by atoms with van der Waals surface area (Å²) in [7, 11) is 0. The summed E-state index contributed by atoms with van der Waals surface area (Å²) in [5.74, 6) is 1.43. The number of anilines is 1. The van der Waals surface area contributed by atoms with Gasteiger partial charge in [0, 0.05) is 37.3 Å². The van der Waals surface area contributed by atoms with E-state index >= 15 is 0 Å². The minimum Gasteiger partial charge on any atom is -0.513 e. The van der Waals surface area contributed by atoms with E-state index in [1.807, 2.05) is 49.4 Å². The number of nitrogens with two attached hydrogens (primary N) is 1. The second kappa shape index (κ2) is 17.8. The fourth-order valence-corrected chi connectivity index (χ4v) is 5.06. The zero-order chi connectivity index (χ0) is 31.9. The number of pyridine rings is 1. The van der Waals surface area contributed by atoms with Crippen molar-refractivity contribution in [2.24, 2.45) is 10.8 Å². The lowest BCUT2D eigenvalue weighted by molar-refractivity contribution is -0.128. The second-order valence-electron chi connectivity index (χ2n) is 10.2. The third-order valence-corrected chi connectivity index (χ3v) is 7.46. The van der Waals surface area contributed by atoms with Gasteiger partial charge in [-0.15, -0.1) is 0 Å². The molecule has 1 atom stereocenters. The molecule has 234 valence electrons. The number of hydrazone groups is 1. The Morgan fingerprint density at radius 2 is 1.95 bits per heavy atom. The first-order chi connectivity index (χ1) is 21.2. The topological polar surface area (TPSA) is 116 Å². The van der Waals surface area contributed by atoms with E-state index in [1.165, 1.54) is 6.42 Å². The molecular weight excluding hydrogens is 596 g/mol. The first-order valence-corrected chi connectivity index (χ1v) is 15.3. The Kier molecular flexibility index (Phi) is 13.9. The van der Waals surface area contributed by atoms with Crippen molar-refractivity contribution >= 4 is 41.8 Å². The van der Waals surface area contributed by atoms with E-state index in [0.29, 0.717) is 23.2 Å². The Morgan fingerprint density at radius 3 is 2.61 bits per heavy atom. The summed E-state index contributed by atoms with van der Waals surface area (Å²) in [4.78, 5) is 18.4. The summed E-state index contributed by atoms with van der Waals surface area (Å²) in [6.07, 6.45) is 4.32. The maximum absolute atomic E-state index is 11.8. The van der Waals surface area contributed by atoms with Crippen LogP contribution >= 0.6 is 24.2 Å². The van der Waals surface area contributed by atoms with Crippen molar-refractivity contribution < 1.29 is 14.6 Å². The van der Waals surface area contributed by atoms with Crippen molar-refractivity contribution in [1.82, 2.24) is 14.9 Å². The van der Waals surface area contributed by atoms with Gasteiger partial charge in [0.1, 0.15) is 12.4 Å². The van der Waals surface area contributed by atoms with E-state index in [-0.39, 0.29) is 36.2 Å². The number of carbonyl (C=O) groups excluding carboxylic acids is 1. The molecule has 44 heavy (non-hydrogen) atoms. The highest BCUT2D eigenvalue weighted by Gasteiger charge is 2.26. The number of thiol groups is 1. The number of aromatic nitrogens is 1. The van der Waals surface area contributed by atoms with Crippen LogP contribution in [-0.2, 0) is 16.1 Å². The van der Waals surface area contributed by atoms with Crippen LogP contribution in [0.1, 0.15) is 36.0 Å². The number of nitrogens with zero attached hydrogens (tertiary/aromatic N) is 4. The van der Waals surface area contributed by atoms with Crippen LogP contribution in [0.25, 0.3) is 0 Å². The molecule has 4 rings (SSSR count). The number of hydrogen-bond donors (Lipinski definition) is 4. The summed E-state index contributed by atoms with van der Waals surface area (Å²) in [6.45, 7) is 11.9. The molecule has 0 radical (unpaired) electrons. The number of nitrogens with one attached hydrogen (secondary N) is 1. The van der Waals surface area contributed by atoms with Crippen LogP contribution < -0.4 is 11.1 Å². The predicted octanol–water partition coefficient (Wildman–Crippen LogP) is 6.13. The average molecular weight is 637 g/mol. The number of aliphatic hydroxyl groups excluding tert-OH is 1. The third kappa shape index (κ3) is 10.8. The summed E-state index contributed by atoms with van der Waals surface area (Å²) >= 11 is 10.1. The number of ether oxygens (including phenoxy) is 1. The Balaban J connectivity index is 0.000000242. The normalized spacial score (nSPS) is 14.3. The molecule has 2 aromatic carbocycles. The van der Waals surface area contributed by atoms with Gasteiger partial charge in [0.25, 0.3) is 5.91 Å². The summed E-state index contributed by atoms with van der Waals surface area (Å²) in [5, 5.41) is 18.3. The highest BCUT2D eigenvalue weighted by molar-refractivity contribution is 7.81. The van der Waals surface area contributed by atoms with Crippen molar-refractivity contribution in [3.8, 4) is 0 Å².